The van der Waals surface area contributed by atoms with E-state index in [0.29, 0.717) is 30.1 Å². The Kier molecular flexibility index (Phi) is 8.61. The molecule has 9 nitrogen and oxygen atoms in total. The molecule has 2 aliphatic rings. The number of ketones is 1. The van der Waals surface area contributed by atoms with Gasteiger partial charge in [-0.05, 0) is 54.4 Å². The van der Waals surface area contributed by atoms with Crippen LogP contribution in [0.15, 0.2) is 72.9 Å². The van der Waals surface area contributed by atoms with Crippen LogP contribution in [0.2, 0.25) is 5.02 Å². The zero-order valence-electron chi connectivity index (χ0n) is 22.4. The number of pyridine rings is 1. The topological polar surface area (TPSA) is 131 Å². The molecule has 41 heavy (non-hydrogen) atoms. The second-order valence-corrected chi connectivity index (χ2v) is 10.8. The lowest BCUT2D eigenvalue weighted by Crippen LogP contribution is -2.54. The number of carbonyl (C=O) groups is 2. The maximum Gasteiger partial charge on any atom is 0.415 e. The van der Waals surface area contributed by atoms with Gasteiger partial charge >= 0.3 is 6.09 Å². The van der Waals surface area contributed by atoms with Crippen molar-refractivity contribution in [2.24, 2.45) is 11.8 Å². The maximum absolute atomic E-state index is 14.3. The van der Waals surface area contributed by atoms with Gasteiger partial charge in [0, 0.05) is 43.2 Å². The second-order valence-electron chi connectivity index (χ2n) is 10.3. The summed E-state index contributed by atoms with van der Waals surface area (Å²) in [4.78, 5) is 33.6. The number of nitriles is 2. The van der Waals surface area contributed by atoms with Crippen LogP contribution in [0.1, 0.15) is 35.2 Å². The van der Waals surface area contributed by atoms with Crippen molar-refractivity contribution in [1.29, 1.82) is 10.5 Å². The maximum atomic E-state index is 14.3. The molecular formula is C31H29ClN6O3. The third-order valence-corrected chi connectivity index (χ3v) is 8.21. The highest BCUT2D eigenvalue weighted by Gasteiger charge is 2.49. The number of hydrogen-bond acceptors (Lipinski definition) is 8. The van der Waals surface area contributed by atoms with E-state index in [1.165, 1.54) is 11.0 Å². The highest BCUT2D eigenvalue weighted by atomic mass is 35.5. The fourth-order valence-corrected chi connectivity index (χ4v) is 5.97. The van der Waals surface area contributed by atoms with Crippen LogP contribution in [-0.4, -0.2) is 54.0 Å². The summed E-state index contributed by atoms with van der Waals surface area (Å²) >= 11 is 6.14. The first-order valence-corrected chi connectivity index (χ1v) is 13.8. The lowest BCUT2D eigenvalue weighted by Gasteiger charge is -2.37. The van der Waals surface area contributed by atoms with Gasteiger partial charge in [-0.15, -0.1) is 0 Å². The molecule has 4 unspecified atom stereocenters. The van der Waals surface area contributed by atoms with E-state index < -0.39 is 30.0 Å². The Bertz CT molecular complexity index is 1490. The minimum Gasteiger partial charge on any atom is -0.410 e. The number of halogens is 1. The summed E-state index contributed by atoms with van der Waals surface area (Å²) in [5, 5.41) is 26.5. The van der Waals surface area contributed by atoms with Gasteiger partial charge in [-0.1, -0.05) is 35.9 Å². The van der Waals surface area contributed by atoms with Crippen molar-refractivity contribution in [2.45, 2.75) is 30.5 Å². The van der Waals surface area contributed by atoms with Crippen molar-refractivity contribution < 1.29 is 14.3 Å². The van der Waals surface area contributed by atoms with Gasteiger partial charge in [0.15, 0.2) is 5.78 Å². The number of carbonyl (C=O) groups excluding carboxylic acids is 2. The molecule has 2 fully saturated rings. The number of ether oxygens (including phenoxy) is 1. The van der Waals surface area contributed by atoms with E-state index in [0.717, 1.165) is 11.3 Å². The predicted octanol–water partition coefficient (Wildman–Crippen LogP) is 4.22. The largest absolute Gasteiger partial charge is 0.415 e. The minimum atomic E-state index is -0.734. The third kappa shape index (κ3) is 6.08. The Labute approximate surface area is 243 Å². The summed E-state index contributed by atoms with van der Waals surface area (Å²) in [6.07, 6.45) is 1.47. The fraction of sp³-hybridized carbons (Fsp3) is 0.323. The average molecular weight is 569 g/mol. The van der Waals surface area contributed by atoms with E-state index in [1.54, 1.807) is 43.6 Å². The van der Waals surface area contributed by atoms with Gasteiger partial charge in [0.2, 0.25) is 0 Å². The van der Waals surface area contributed by atoms with E-state index in [4.69, 9.17) is 16.3 Å². The first-order chi connectivity index (χ1) is 19.9. The van der Waals surface area contributed by atoms with Gasteiger partial charge in [0.1, 0.15) is 5.75 Å². The molecule has 2 aliphatic heterocycles. The molecule has 1 amide bonds. The lowest BCUT2D eigenvalue weighted by atomic mass is 9.76. The molecule has 2 saturated heterocycles. The van der Waals surface area contributed by atoms with Crippen molar-refractivity contribution >= 4 is 23.5 Å². The fourth-order valence-electron chi connectivity index (χ4n) is 5.84. The van der Waals surface area contributed by atoms with Crippen molar-refractivity contribution in [3.05, 3.63) is 94.8 Å². The number of aromatic nitrogens is 1. The highest BCUT2D eigenvalue weighted by molar-refractivity contribution is 6.30. The molecule has 2 N–H and O–H groups in total. The summed E-state index contributed by atoms with van der Waals surface area (Å²) in [6.45, 7) is 0.801. The monoisotopic (exact) mass is 568 g/mol. The lowest BCUT2D eigenvalue weighted by molar-refractivity contribution is -0.127. The standard InChI is InChI=1S/C31H29ClN6O3/c1-38(31(40)41-23-6-4-5-19(13-23)15-33)29-25(20-8-10-22(32)11-9-20)18-37-28(29)30(39)24-14-27(36-17-21(24)16-34)26-7-2-3-12-35-26/h2-13,21,24-25,27-29,36-37H,14,17-18H2,1H3/t21?,24?,25-,27?,28?,29-/m0/s1. The molecule has 0 saturated carbocycles. The summed E-state index contributed by atoms with van der Waals surface area (Å²) in [5.41, 5.74) is 2.10. The van der Waals surface area contributed by atoms with Crippen LogP contribution in [0.4, 0.5) is 4.79 Å². The molecule has 0 bridgehead atoms. The number of hydrogen-bond donors (Lipinski definition) is 2. The number of piperidine rings is 1. The van der Waals surface area contributed by atoms with Crippen LogP contribution in [0.3, 0.4) is 0 Å². The zero-order valence-corrected chi connectivity index (χ0v) is 23.2. The molecule has 6 atom stereocenters. The number of rotatable bonds is 6. The summed E-state index contributed by atoms with van der Waals surface area (Å²) < 4.78 is 5.63. The van der Waals surface area contributed by atoms with Crippen LogP contribution in [0, 0.1) is 34.5 Å². The molecule has 1 aromatic heterocycles. The van der Waals surface area contributed by atoms with Gasteiger partial charge in [0.25, 0.3) is 0 Å². The van der Waals surface area contributed by atoms with E-state index in [9.17, 15) is 20.1 Å². The van der Waals surface area contributed by atoms with Gasteiger partial charge < -0.3 is 20.3 Å². The molecule has 5 rings (SSSR count). The van der Waals surface area contributed by atoms with Crippen molar-refractivity contribution in [3.8, 4) is 17.9 Å². The zero-order chi connectivity index (χ0) is 28.9. The molecule has 3 heterocycles. The number of amides is 1. The van der Waals surface area contributed by atoms with Gasteiger partial charge in [-0.3, -0.25) is 9.78 Å². The summed E-state index contributed by atoms with van der Waals surface area (Å²) in [5.74, 6) is -1.21. The predicted molar refractivity (Wildman–Crippen MR) is 152 cm³/mol. The van der Waals surface area contributed by atoms with E-state index in [-0.39, 0.29) is 23.5 Å². The Hall–Kier alpha value is -4.28. The molecule has 0 spiro atoms. The smallest absolute Gasteiger partial charge is 0.410 e. The van der Waals surface area contributed by atoms with Crippen LogP contribution in [-0.2, 0) is 4.79 Å². The van der Waals surface area contributed by atoms with Gasteiger partial charge in [-0.2, -0.15) is 10.5 Å². The quantitative estimate of drug-likeness (QED) is 0.452. The summed E-state index contributed by atoms with van der Waals surface area (Å²) in [6, 6.07) is 22.2. The Balaban J connectivity index is 1.44. The van der Waals surface area contributed by atoms with Gasteiger partial charge in [-0.25, -0.2) is 4.79 Å². The second kappa shape index (κ2) is 12.5. The first-order valence-electron chi connectivity index (χ1n) is 13.4. The van der Waals surface area contributed by atoms with Crippen LogP contribution in [0.5, 0.6) is 5.75 Å². The van der Waals surface area contributed by atoms with Crippen molar-refractivity contribution in [1.82, 2.24) is 20.5 Å². The molecule has 0 aliphatic carbocycles. The SMILES string of the molecule is CN(C(=O)Oc1cccc(C#N)c1)[C@@H]1C(C(=O)C2CC(c3ccccn3)NCC2C#N)NC[C@H]1c1ccc(Cl)cc1. The van der Waals surface area contributed by atoms with Crippen LogP contribution in [0.25, 0.3) is 0 Å². The number of nitrogens with one attached hydrogen (secondary N) is 2. The molecule has 0 radical (unpaired) electrons. The Morgan fingerprint density at radius 3 is 2.56 bits per heavy atom. The number of likely N-dealkylation sites (N-methyl/N-ethyl adjacent to an activating group) is 1. The van der Waals surface area contributed by atoms with Crippen molar-refractivity contribution in [3.63, 3.8) is 0 Å². The molecule has 3 aromatic rings. The van der Waals surface area contributed by atoms with Crippen LogP contribution < -0.4 is 15.4 Å². The molecule has 2 aromatic carbocycles. The highest BCUT2D eigenvalue weighted by Crippen LogP contribution is 2.37. The number of nitrogens with zero attached hydrogens (tertiary/aromatic N) is 4. The number of benzene rings is 2. The van der Waals surface area contributed by atoms with Gasteiger partial charge in [0.05, 0.1) is 47.4 Å². The Morgan fingerprint density at radius 2 is 1.85 bits per heavy atom. The minimum absolute atomic E-state index is 0.119. The van der Waals surface area contributed by atoms with E-state index >= 15 is 0 Å². The first kappa shape index (κ1) is 28.3. The normalized spacial score (nSPS) is 25.5. The Morgan fingerprint density at radius 1 is 1.05 bits per heavy atom. The van der Waals surface area contributed by atoms with E-state index in [2.05, 4.69) is 21.7 Å². The van der Waals surface area contributed by atoms with Crippen LogP contribution >= 0.6 is 11.6 Å². The van der Waals surface area contributed by atoms with E-state index in [1.807, 2.05) is 36.4 Å². The van der Waals surface area contributed by atoms with Crippen molar-refractivity contribution in [2.75, 3.05) is 20.1 Å². The number of Topliss-reactive ketones (excluding diaryl/α,β-unsaturated/α-hetero) is 1. The third-order valence-electron chi connectivity index (χ3n) is 7.96. The average Bonchev–Trinajstić information content (AvgIpc) is 3.46. The molecular weight excluding hydrogens is 540 g/mol. The molecule has 208 valence electrons. The summed E-state index contributed by atoms with van der Waals surface area (Å²) in [7, 11) is 1.61. The molecule has 10 heteroatoms.